The summed E-state index contributed by atoms with van der Waals surface area (Å²) < 4.78 is 23.8. The van der Waals surface area contributed by atoms with E-state index < -0.39 is 15.9 Å². The molecule has 0 aliphatic carbocycles. The molecule has 0 aromatic heterocycles. The van der Waals surface area contributed by atoms with Crippen LogP contribution in [0.1, 0.15) is 6.92 Å². The van der Waals surface area contributed by atoms with Crippen molar-refractivity contribution in [3.63, 3.8) is 0 Å². The molecule has 0 bridgehead atoms. The zero-order chi connectivity index (χ0) is 16.3. The zero-order valence-electron chi connectivity index (χ0n) is 11.7. The highest BCUT2D eigenvalue weighted by Crippen LogP contribution is 2.31. The number of amides is 1. The van der Waals surface area contributed by atoms with Gasteiger partial charge in [-0.05, 0) is 30.3 Å². The lowest BCUT2D eigenvalue weighted by Gasteiger charge is -2.20. The lowest BCUT2D eigenvalue weighted by molar-refractivity contribution is 0.205. The van der Waals surface area contributed by atoms with Crippen molar-refractivity contribution >= 4 is 38.9 Å². The first-order chi connectivity index (χ1) is 10.4. The van der Waals surface area contributed by atoms with Gasteiger partial charge in [0.15, 0.2) is 9.84 Å². The Labute approximate surface area is 133 Å². The van der Waals surface area contributed by atoms with Crippen LogP contribution in [-0.2, 0) is 9.84 Å². The molecule has 0 saturated carbocycles. The predicted molar refractivity (Wildman–Crippen MR) is 85.8 cm³/mol. The fraction of sp³-hybridized carbons (Fsp3) is 0.133. The fourth-order valence-corrected chi connectivity index (χ4v) is 3.45. The Morgan fingerprint density at radius 3 is 2.27 bits per heavy atom. The maximum atomic E-state index is 11.9. The van der Waals surface area contributed by atoms with Crippen molar-refractivity contribution in [3.05, 3.63) is 53.6 Å². The van der Waals surface area contributed by atoms with E-state index in [2.05, 4.69) is 0 Å². The second-order valence-corrected chi connectivity index (χ2v) is 7.13. The minimum absolute atomic E-state index is 0.00110. The summed E-state index contributed by atoms with van der Waals surface area (Å²) in [6.45, 7) is 1.52. The van der Waals surface area contributed by atoms with E-state index in [1.807, 2.05) is 0 Å². The van der Waals surface area contributed by atoms with Gasteiger partial charge in [0.2, 0.25) is 0 Å². The zero-order valence-corrected chi connectivity index (χ0v) is 13.3. The molecular formula is C15H14ClNO4S. The molecule has 0 aliphatic rings. The van der Waals surface area contributed by atoms with Crippen LogP contribution in [0.4, 0.5) is 16.2 Å². The second kappa shape index (κ2) is 6.37. The average molecular weight is 340 g/mol. The molecule has 0 saturated heterocycles. The Morgan fingerprint density at radius 2 is 1.77 bits per heavy atom. The van der Waals surface area contributed by atoms with E-state index >= 15 is 0 Å². The van der Waals surface area contributed by atoms with E-state index in [1.165, 1.54) is 25.1 Å². The number of nitrogens with zero attached hydrogens (tertiary/aromatic N) is 1. The van der Waals surface area contributed by atoms with Crippen LogP contribution < -0.4 is 4.90 Å². The summed E-state index contributed by atoms with van der Waals surface area (Å²) >= 11 is 6.03. The molecule has 2 aromatic carbocycles. The number of rotatable bonds is 4. The van der Waals surface area contributed by atoms with Gasteiger partial charge in [0.05, 0.1) is 27.0 Å². The number of carbonyl (C=O) groups is 1. The number of sulfone groups is 1. The summed E-state index contributed by atoms with van der Waals surface area (Å²) in [5.41, 5.74) is 0.718. The van der Waals surface area contributed by atoms with Crippen LogP contribution in [0.3, 0.4) is 0 Å². The fourth-order valence-electron chi connectivity index (χ4n) is 1.98. The lowest BCUT2D eigenvalue weighted by Crippen LogP contribution is -2.23. The smallest absolute Gasteiger partial charge is 0.416 e. The number of hydrogen-bond acceptors (Lipinski definition) is 3. The predicted octanol–water partition coefficient (Wildman–Crippen LogP) is 3.95. The third-order valence-electron chi connectivity index (χ3n) is 3.09. The molecule has 0 unspecified atom stereocenters. The quantitative estimate of drug-likeness (QED) is 0.915. The van der Waals surface area contributed by atoms with Crippen molar-refractivity contribution < 1.29 is 18.3 Å². The average Bonchev–Trinajstić information content (AvgIpc) is 2.48. The van der Waals surface area contributed by atoms with Gasteiger partial charge in [-0.15, -0.1) is 0 Å². The SMILES string of the molecule is CCS(=O)(=O)c1ccc(N(C(=O)O)c2ccccc2)cc1Cl. The van der Waals surface area contributed by atoms with Crippen molar-refractivity contribution in [2.75, 3.05) is 10.7 Å². The lowest BCUT2D eigenvalue weighted by atomic mass is 10.2. The third-order valence-corrected chi connectivity index (χ3v) is 5.31. The van der Waals surface area contributed by atoms with Gasteiger partial charge in [-0.25, -0.2) is 18.1 Å². The van der Waals surface area contributed by atoms with E-state index in [1.54, 1.807) is 30.3 Å². The molecule has 1 N–H and O–H groups in total. The first-order valence-corrected chi connectivity index (χ1v) is 8.50. The van der Waals surface area contributed by atoms with Crippen molar-refractivity contribution in [1.82, 2.24) is 0 Å². The Kier molecular flexibility index (Phi) is 4.73. The Hall–Kier alpha value is -2.05. The van der Waals surface area contributed by atoms with E-state index in [-0.39, 0.29) is 21.4 Å². The second-order valence-electron chi connectivity index (χ2n) is 4.47. The summed E-state index contributed by atoms with van der Waals surface area (Å²) in [5.74, 6) is -0.0760. The largest absolute Gasteiger partial charge is 0.464 e. The number of anilines is 2. The van der Waals surface area contributed by atoms with E-state index in [0.29, 0.717) is 5.69 Å². The molecule has 22 heavy (non-hydrogen) atoms. The number of carboxylic acid groups (broad SMARTS) is 1. The van der Waals surface area contributed by atoms with Crippen LogP contribution in [0.15, 0.2) is 53.4 Å². The van der Waals surface area contributed by atoms with Gasteiger partial charge >= 0.3 is 6.09 Å². The van der Waals surface area contributed by atoms with Crippen LogP contribution in [0, 0.1) is 0 Å². The number of benzene rings is 2. The Balaban J connectivity index is 2.52. The van der Waals surface area contributed by atoms with Crippen LogP contribution in [0.25, 0.3) is 0 Å². The molecule has 5 nitrogen and oxygen atoms in total. The highest BCUT2D eigenvalue weighted by atomic mass is 35.5. The summed E-state index contributed by atoms with van der Waals surface area (Å²) in [5, 5.41) is 9.41. The minimum Gasteiger partial charge on any atom is -0.464 e. The molecule has 0 fully saturated rings. The molecule has 0 spiro atoms. The van der Waals surface area contributed by atoms with Gasteiger partial charge in [0.25, 0.3) is 0 Å². The van der Waals surface area contributed by atoms with E-state index in [0.717, 1.165) is 4.90 Å². The maximum absolute atomic E-state index is 11.9. The highest BCUT2D eigenvalue weighted by Gasteiger charge is 2.21. The van der Waals surface area contributed by atoms with Gasteiger partial charge in [-0.1, -0.05) is 36.7 Å². The van der Waals surface area contributed by atoms with E-state index in [4.69, 9.17) is 11.6 Å². The van der Waals surface area contributed by atoms with Crippen LogP contribution >= 0.6 is 11.6 Å². The van der Waals surface area contributed by atoms with Crippen molar-refractivity contribution in [2.45, 2.75) is 11.8 Å². The molecule has 2 rings (SSSR count). The number of halogens is 1. The molecule has 0 aliphatic heterocycles. The summed E-state index contributed by atoms with van der Waals surface area (Å²) in [7, 11) is -3.45. The van der Waals surface area contributed by atoms with E-state index in [9.17, 15) is 18.3 Å². The molecule has 116 valence electrons. The summed E-state index contributed by atoms with van der Waals surface area (Å²) in [6, 6.07) is 12.6. The topological polar surface area (TPSA) is 74.7 Å². The van der Waals surface area contributed by atoms with Crippen molar-refractivity contribution in [1.29, 1.82) is 0 Å². The van der Waals surface area contributed by atoms with Crippen LogP contribution in [0.2, 0.25) is 5.02 Å². The molecule has 0 heterocycles. The van der Waals surface area contributed by atoms with Gasteiger partial charge in [-0.3, -0.25) is 0 Å². The highest BCUT2D eigenvalue weighted by molar-refractivity contribution is 7.91. The molecule has 0 radical (unpaired) electrons. The minimum atomic E-state index is -3.45. The monoisotopic (exact) mass is 339 g/mol. The maximum Gasteiger partial charge on any atom is 0.416 e. The molecule has 7 heteroatoms. The molecular weight excluding hydrogens is 326 g/mol. The Morgan fingerprint density at radius 1 is 1.14 bits per heavy atom. The number of hydrogen-bond donors (Lipinski definition) is 1. The standard InChI is InChI=1S/C15H14ClNO4S/c1-2-22(20,21)14-9-8-12(10-13(14)16)17(15(18)19)11-6-4-3-5-7-11/h3-10H,2H2,1H3,(H,18,19). The molecule has 1 amide bonds. The number of para-hydroxylation sites is 1. The van der Waals surface area contributed by atoms with Crippen LogP contribution in [0.5, 0.6) is 0 Å². The normalized spacial score (nSPS) is 11.2. The van der Waals surface area contributed by atoms with Gasteiger partial charge < -0.3 is 5.11 Å². The first kappa shape index (κ1) is 16.3. The van der Waals surface area contributed by atoms with Crippen molar-refractivity contribution in [3.8, 4) is 0 Å². The first-order valence-electron chi connectivity index (χ1n) is 6.47. The third kappa shape index (κ3) is 3.23. The summed E-state index contributed by atoms with van der Waals surface area (Å²) in [6.07, 6.45) is -1.19. The van der Waals surface area contributed by atoms with Gasteiger partial charge in [0.1, 0.15) is 0 Å². The van der Waals surface area contributed by atoms with Gasteiger partial charge in [0, 0.05) is 0 Å². The molecule has 0 atom stereocenters. The van der Waals surface area contributed by atoms with Crippen LogP contribution in [-0.4, -0.2) is 25.4 Å². The molecule has 2 aromatic rings. The summed E-state index contributed by atoms with van der Waals surface area (Å²) in [4.78, 5) is 12.5. The Bertz CT molecular complexity index is 790. The van der Waals surface area contributed by atoms with Crippen molar-refractivity contribution in [2.24, 2.45) is 0 Å². The van der Waals surface area contributed by atoms with Gasteiger partial charge in [-0.2, -0.15) is 0 Å².